The van der Waals surface area contributed by atoms with Crippen LogP contribution in [0.4, 0.5) is 0 Å². The lowest BCUT2D eigenvalue weighted by Gasteiger charge is -2.17. The van der Waals surface area contributed by atoms with E-state index in [0.717, 1.165) is 36.9 Å². The molecule has 4 aromatic heterocycles. The predicted octanol–water partition coefficient (Wildman–Crippen LogP) is 7.10. The molecule has 0 atom stereocenters. The van der Waals surface area contributed by atoms with Gasteiger partial charge in [-0.15, -0.1) is 12.4 Å². The lowest BCUT2D eigenvalue weighted by Crippen LogP contribution is -2.22. The molecule has 258 valence electrons. The van der Waals surface area contributed by atoms with Gasteiger partial charge in [0.1, 0.15) is 34.9 Å². The van der Waals surface area contributed by atoms with Crippen LogP contribution in [0.15, 0.2) is 47.8 Å². The maximum absolute atomic E-state index is 12.6. The molecule has 0 aliphatic rings. The Bertz CT molecular complexity index is 1890. The second kappa shape index (κ2) is 18.4. The van der Waals surface area contributed by atoms with E-state index < -0.39 is 17.4 Å². The fraction of sp³-hybridized carbons (Fsp3) is 0.394. The van der Waals surface area contributed by atoms with E-state index in [4.69, 9.17) is 37.4 Å². The minimum atomic E-state index is -0.703. The molecule has 1 N–H and O–H groups in total. The summed E-state index contributed by atoms with van der Waals surface area (Å²) < 4.78 is 19.3. The minimum absolute atomic E-state index is 0. The molecule has 0 aliphatic carbocycles. The van der Waals surface area contributed by atoms with Crippen LogP contribution in [0.5, 0.6) is 5.75 Å². The van der Waals surface area contributed by atoms with Crippen LogP contribution in [0.1, 0.15) is 91.0 Å². The van der Waals surface area contributed by atoms with Crippen molar-refractivity contribution in [3.8, 4) is 5.75 Å². The number of rotatable bonds is 13. The van der Waals surface area contributed by atoms with Crippen LogP contribution in [0.3, 0.4) is 0 Å². The molecule has 0 spiro atoms. The number of H-pyrrole nitrogens is 1. The predicted molar refractivity (Wildman–Crippen MR) is 186 cm³/mol. The number of aromatic amines is 1. The molecule has 12 nitrogen and oxygen atoms in total. The summed E-state index contributed by atoms with van der Waals surface area (Å²) in [5.41, 5.74) is 2.59. The van der Waals surface area contributed by atoms with Gasteiger partial charge in [-0.25, -0.2) is 28.6 Å². The third-order valence-corrected chi connectivity index (χ3v) is 7.96. The number of aromatic nitrogens is 6. The van der Waals surface area contributed by atoms with Crippen LogP contribution in [0.25, 0.3) is 11.3 Å². The summed E-state index contributed by atoms with van der Waals surface area (Å²) in [6, 6.07) is 9.70. The van der Waals surface area contributed by atoms with Gasteiger partial charge in [-0.05, 0) is 45.1 Å². The molecular weight excluding hydrogens is 683 g/mol. The first-order valence-corrected chi connectivity index (χ1v) is 16.4. The van der Waals surface area contributed by atoms with Gasteiger partial charge >= 0.3 is 11.9 Å². The topological polar surface area (TPSA) is 142 Å². The van der Waals surface area contributed by atoms with Gasteiger partial charge < -0.3 is 14.2 Å². The average molecular weight is 722 g/mol. The van der Waals surface area contributed by atoms with E-state index in [1.54, 1.807) is 22.9 Å². The van der Waals surface area contributed by atoms with E-state index in [0.29, 0.717) is 35.0 Å². The highest BCUT2D eigenvalue weighted by molar-refractivity contribution is 6.33. The summed E-state index contributed by atoms with van der Waals surface area (Å²) in [5, 5.41) is 7.55. The Kier molecular flexibility index (Phi) is 14.7. The number of aryl methyl sites for hydroxylation is 2. The number of pyridine rings is 2. The average Bonchev–Trinajstić information content (AvgIpc) is 3.75. The Balaban J connectivity index is 0.000000266. The van der Waals surface area contributed by atoms with Gasteiger partial charge in [-0.1, -0.05) is 80.2 Å². The van der Waals surface area contributed by atoms with Gasteiger partial charge in [0, 0.05) is 0 Å². The van der Waals surface area contributed by atoms with Crippen molar-refractivity contribution in [3.05, 3.63) is 91.3 Å². The van der Waals surface area contributed by atoms with Crippen molar-refractivity contribution >= 4 is 58.8 Å². The van der Waals surface area contributed by atoms with Gasteiger partial charge in [0.15, 0.2) is 22.6 Å². The monoisotopic (exact) mass is 720 g/mol. The number of hydrogen-bond acceptors (Lipinski definition) is 9. The fourth-order valence-electron chi connectivity index (χ4n) is 4.90. The van der Waals surface area contributed by atoms with Crippen molar-refractivity contribution in [1.82, 2.24) is 29.2 Å². The summed E-state index contributed by atoms with van der Waals surface area (Å²) >= 11 is 12.8. The third-order valence-electron chi connectivity index (χ3n) is 7.18. The van der Waals surface area contributed by atoms with Crippen LogP contribution in [-0.4, -0.2) is 54.3 Å². The first kappa shape index (κ1) is 38.3. The van der Waals surface area contributed by atoms with Gasteiger partial charge in [0.2, 0.25) is 5.43 Å². The zero-order chi connectivity index (χ0) is 33.9. The smallest absolute Gasteiger partial charge is 0.346 e. The number of hydrogen-bond donors (Lipinski definition) is 1. The van der Waals surface area contributed by atoms with E-state index in [1.165, 1.54) is 12.7 Å². The molecular formula is C33H39Cl3N6O6. The van der Waals surface area contributed by atoms with Crippen molar-refractivity contribution in [2.75, 3.05) is 13.2 Å². The summed E-state index contributed by atoms with van der Waals surface area (Å²) in [6.45, 7) is 8.29. The molecule has 4 heterocycles. The number of benzene rings is 1. The first-order chi connectivity index (χ1) is 22.8. The molecule has 0 radical (unpaired) electrons. The van der Waals surface area contributed by atoms with Crippen molar-refractivity contribution in [1.29, 1.82) is 0 Å². The molecule has 15 heteroatoms. The van der Waals surface area contributed by atoms with Crippen molar-refractivity contribution < 1.29 is 23.8 Å². The lowest BCUT2D eigenvalue weighted by atomic mass is 10.1. The van der Waals surface area contributed by atoms with Crippen molar-refractivity contribution in [2.45, 2.75) is 72.8 Å². The van der Waals surface area contributed by atoms with E-state index in [9.17, 15) is 14.4 Å². The number of nitrogens with zero attached hydrogens (tertiary/aromatic N) is 5. The zero-order valence-electron chi connectivity index (χ0n) is 27.3. The fourth-order valence-corrected chi connectivity index (χ4v) is 5.50. The Morgan fingerprint density at radius 3 is 2.08 bits per heavy atom. The van der Waals surface area contributed by atoms with E-state index >= 15 is 0 Å². The zero-order valence-corrected chi connectivity index (χ0v) is 29.6. The van der Waals surface area contributed by atoms with E-state index in [1.807, 2.05) is 37.3 Å². The Hall–Kier alpha value is -4.13. The second-order valence-electron chi connectivity index (χ2n) is 10.4. The van der Waals surface area contributed by atoms with Crippen molar-refractivity contribution in [2.24, 2.45) is 0 Å². The Labute approximate surface area is 294 Å². The van der Waals surface area contributed by atoms with Gasteiger partial charge in [0.25, 0.3) is 0 Å². The molecule has 0 unspecified atom stereocenters. The standard InChI is InChI=1S/C20H22ClN3O3.C13H16ClN3O3.ClH/c1-3-5-11-15-17(21)18(27-12-14-9-7-6-8-10-14)16(20(25)26-4-2)19-22-13-23-24(15)19;1-3-5-6-8-10(14)11(18)9(13(19)20-4-2)12-15-7-16-17(8)12;/h6-10,13H,3-5,11-12H2,1-2H3;7H,3-6H2,1-2H3,(H,15,16);1H. The van der Waals surface area contributed by atoms with Gasteiger partial charge in [-0.3, -0.25) is 9.89 Å². The van der Waals surface area contributed by atoms with Crippen LogP contribution in [0, 0.1) is 0 Å². The van der Waals surface area contributed by atoms with Crippen LogP contribution >= 0.6 is 35.6 Å². The van der Waals surface area contributed by atoms with Crippen LogP contribution < -0.4 is 10.2 Å². The highest BCUT2D eigenvalue weighted by atomic mass is 35.5. The highest BCUT2D eigenvalue weighted by Gasteiger charge is 2.27. The van der Waals surface area contributed by atoms with E-state index in [2.05, 4.69) is 27.1 Å². The maximum Gasteiger partial charge on any atom is 0.346 e. The molecule has 5 rings (SSSR count). The second-order valence-corrected chi connectivity index (χ2v) is 11.1. The van der Waals surface area contributed by atoms with Crippen LogP contribution in [0.2, 0.25) is 10.0 Å². The van der Waals surface area contributed by atoms with Crippen molar-refractivity contribution in [3.63, 3.8) is 0 Å². The van der Waals surface area contributed by atoms with E-state index in [-0.39, 0.29) is 54.0 Å². The Morgan fingerprint density at radius 2 is 1.46 bits per heavy atom. The molecule has 0 saturated heterocycles. The number of halogens is 3. The summed E-state index contributed by atoms with van der Waals surface area (Å²) in [5.74, 6) is -0.931. The molecule has 48 heavy (non-hydrogen) atoms. The molecule has 1 aromatic carbocycles. The first-order valence-electron chi connectivity index (χ1n) is 15.6. The number of carbonyl (C=O) groups excluding carboxylic acids is 2. The number of unbranched alkanes of at least 4 members (excludes halogenated alkanes) is 2. The highest BCUT2D eigenvalue weighted by Crippen LogP contribution is 2.36. The quantitative estimate of drug-likeness (QED) is 0.126. The summed E-state index contributed by atoms with van der Waals surface area (Å²) in [4.78, 5) is 45.1. The molecule has 0 amide bonds. The number of nitrogens with one attached hydrogen (secondary N) is 1. The van der Waals surface area contributed by atoms with Gasteiger partial charge in [-0.2, -0.15) is 5.10 Å². The lowest BCUT2D eigenvalue weighted by molar-refractivity contribution is 0.0514. The SMILES string of the molecule is CCCCc1c(Cl)c(=O)c(C(=O)OCC)c2nc[nH]n12.CCCCc1c(Cl)c(OCc2ccccc2)c(C(=O)OCC)c2ncnn12.Cl. The molecule has 0 bridgehead atoms. The molecule has 0 fully saturated rings. The molecule has 0 aliphatic heterocycles. The number of ether oxygens (including phenoxy) is 3. The largest absolute Gasteiger partial charge is 0.486 e. The normalized spacial score (nSPS) is 10.7. The third kappa shape index (κ3) is 8.47. The van der Waals surface area contributed by atoms with Gasteiger partial charge in [0.05, 0.1) is 24.6 Å². The van der Waals surface area contributed by atoms with Crippen LogP contribution in [-0.2, 0) is 28.9 Å². The maximum atomic E-state index is 12.6. The number of fused-ring (bicyclic) bond motifs is 2. The summed E-state index contributed by atoms with van der Waals surface area (Å²) in [6.07, 6.45) is 7.97. The molecule has 5 aromatic rings. The summed E-state index contributed by atoms with van der Waals surface area (Å²) in [7, 11) is 0. The Morgan fingerprint density at radius 1 is 0.833 bits per heavy atom. The number of esters is 2. The minimum Gasteiger partial charge on any atom is -0.486 e. The molecule has 0 saturated carbocycles. The number of carbonyl (C=O) groups is 2.